The zero-order chi connectivity index (χ0) is 48.5. The summed E-state index contributed by atoms with van der Waals surface area (Å²) in [4.78, 5) is 0. The number of pyridine rings is 2. The van der Waals surface area contributed by atoms with Gasteiger partial charge in [0, 0.05) is 59.4 Å². The molecule has 0 saturated heterocycles. The standard InChI is InChI=1S/C54H50N2O2.2ClHO4/c1-57-49-31-27-41(28-32-49)47-37-51(43-19-9-5-10-20-43)55(52(38-47)44-21-11-6-12-22-44)35-17-3-4-18-36-56-53(45-23-13-7-14-24-45)39-48(42-29-33-50(58-2)34-30-42)40-54(56)46-25-15-8-16-26-46;2*2-1(3,4)5/h5-16,19-34,37-40H,3-4,17-18,35-36H2,1-2H3;2*(H,2,3,4,5)/q+2;;/p-1. The average molecular weight is 959 g/mol. The van der Waals surface area contributed by atoms with Crippen molar-refractivity contribution in [2.24, 2.45) is 0 Å². The van der Waals surface area contributed by atoms with Gasteiger partial charge >= 0.3 is 0 Å². The number of aromatic nitrogens is 2. The molecule has 0 fully saturated rings. The summed E-state index contributed by atoms with van der Waals surface area (Å²) in [5.41, 5.74) is 14.5. The van der Waals surface area contributed by atoms with Gasteiger partial charge in [-0.1, -0.05) is 97.1 Å². The van der Waals surface area contributed by atoms with E-state index in [1.54, 1.807) is 14.2 Å². The van der Waals surface area contributed by atoms with E-state index in [0.717, 1.165) is 50.3 Å². The van der Waals surface area contributed by atoms with Gasteiger partial charge in [0.2, 0.25) is 22.8 Å². The van der Waals surface area contributed by atoms with Crippen molar-refractivity contribution in [3.05, 3.63) is 194 Å². The Morgan fingerprint density at radius 2 is 0.588 bits per heavy atom. The van der Waals surface area contributed by atoms with Gasteiger partial charge in [0.1, 0.15) is 24.6 Å². The van der Waals surface area contributed by atoms with Crippen molar-refractivity contribution in [2.75, 3.05) is 14.2 Å². The third-order valence-electron chi connectivity index (χ3n) is 11.0. The average Bonchev–Trinajstić information content (AvgIpc) is 3.35. The summed E-state index contributed by atoms with van der Waals surface area (Å²) in [5.74, 6) is 1.72. The fourth-order valence-corrected chi connectivity index (χ4v) is 7.91. The van der Waals surface area contributed by atoms with Crippen molar-refractivity contribution in [1.82, 2.24) is 0 Å². The number of hydrogen-bond acceptors (Lipinski definition) is 10. The van der Waals surface area contributed by atoms with E-state index in [2.05, 4.69) is 179 Å². The van der Waals surface area contributed by atoms with Crippen LogP contribution in [0.15, 0.2) is 194 Å². The maximum atomic E-state index is 8.60. The van der Waals surface area contributed by atoms with Crippen LogP contribution in [0.2, 0.25) is 0 Å². The Labute approximate surface area is 400 Å². The van der Waals surface area contributed by atoms with Crippen molar-refractivity contribution in [2.45, 2.75) is 38.8 Å². The van der Waals surface area contributed by atoms with Crippen LogP contribution >= 0.6 is 0 Å². The predicted octanol–water partition coefficient (Wildman–Crippen LogP) is 3.66. The monoisotopic (exact) mass is 957 g/mol. The highest BCUT2D eigenvalue weighted by molar-refractivity contribution is 5.75. The molecule has 14 heteroatoms. The molecule has 8 aromatic rings. The number of ether oxygens (including phenoxy) is 2. The Balaban J connectivity index is 0.000000691. The summed E-state index contributed by atoms with van der Waals surface area (Å²) in [6.45, 7) is 1.84. The Hall–Kier alpha value is -6.52. The quantitative estimate of drug-likeness (QED) is 0.117. The third kappa shape index (κ3) is 15.5. The fourth-order valence-electron chi connectivity index (χ4n) is 7.91. The summed E-state index contributed by atoms with van der Waals surface area (Å²) >= 11 is 0. The number of benzene rings is 6. The first-order valence-electron chi connectivity index (χ1n) is 21.6. The van der Waals surface area contributed by atoms with Crippen LogP contribution in [0.4, 0.5) is 0 Å². The van der Waals surface area contributed by atoms with Gasteiger partial charge in [-0.15, -0.1) is 10.2 Å². The van der Waals surface area contributed by atoms with Crippen molar-refractivity contribution in [3.8, 4) is 78.8 Å². The first-order chi connectivity index (χ1) is 32.7. The molecule has 0 saturated carbocycles. The van der Waals surface area contributed by atoms with Crippen molar-refractivity contribution in [3.63, 3.8) is 0 Å². The van der Waals surface area contributed by atoms with Crippen LogP contribution in [0.3, 0.4) is 0 Å². The molecule has 0 bridgehead atoms. The molecule has 6 aromatic carbocycles. The first kappa shape index (κ1) is 50.9. The lowest BCUT2D eigenvalue weighted by molar-refractivity contribution is -2.00. The molecule has 0 amide bonds. The molecular weight excluding hydrogens is 908 g/mol. The van der Waals surface area contributed by atoms with Gasteiger partial charge in [0.15, 0.2) is 0 Å². The van der Waals surface area contributed by atoms with E-state index in [-0.39, 0.29) is 0 Å². The minimum Gasteiger partial charge on any atom is -0.497 e. The van der Waals surface area contributed by atoms with E-state index in [1.807, 2.05) is 24.3 Å². The zero-order valence-electron chi connectivity index (χ0n) is 37.5. The molecule has 12 nitrogen and oxygen atoms in total. The number of methoxy groups -OCH3 is 2. The van der Waals surface area contributed by atoms with Crippen LogP contribution < -0.4 is 51.2 Å². The topological polar surface area (TPSA) is 208 Å². The van der Waals surface area contributed by atoms with E-state index in [0.29, 0.717) is 0 Å². The molecular formula is C54H51Cl2N2O10+. The van der Waals surface area contributed by atoms with E-state index < -0.39 is 20.5 Å². The lowest BCUT2D eigenvalue weighted by Crippen LogP contribution is -2.68. The van der Waals surface area contributed by atoms with Crippen molar-refractivity contribution in [1.29, 1.82) is 0 Å². The number of hydrogen-bond donors (Lipinski definition) is 1. The van der Waals surface area contributed by atoms with Crippen LogP contribution in [-0.4, -0.2) is 18.9 Å². The first-order valence-corrected chi connectivity index (χ1v) is 24.1. The van der Waals surface area contributed by atoms with Gasteiger partial charge in [0.05, 0.1) is 29.1 Å². The lowest BCUT2D eigenvalue weighted by atomic mass is 9.98. The molecule has 0 aliphatic carbocycles. The van der Waals surface area contributed by atoms with Gasteiger partial charge in [-0.3, -0.25) is 0 Å². The molecule has 68 heavy (non-hydrogen) atoms. The van der Waals surface area contributed by atoms with Crippen LogP contribution in [-0.2, 0) is 13.1 Å². The van der Waals surface area contributed by atoms with Crippen LogP contribution in [0, 0.1) is 20.5 Å². The van der Waals surface area contributed by atoms with Crippen LogP contribution in [0.25, 0.3) is 67.3 Å². The maximum absolute atomic E-state index is 8.60. The number of rotatable bonds is 15. The highest BCUT2D eigenvalue weighted by Crippen LogP contribution is 2.32. The van der Waals surface area contributed by atoms with Gasteiger partial charge in [0.25, 0.3) is 0 Å². The Morgan fingerprint density at radius 1 is 0.353 bits per heavy atom. The summed E-state index contributed by atoms with van der Waals surface area (Å²) in [7, 11) is -6.21. The molecule has 350 valence electrons. The van der Waals surface area contributed by atoms with Crippen molar-refractivity contribution >= 4 is 0 Å². The number of halogens is 2. The number of unbranched alkanes of at least 4 members (excludes halogenated alkanes) is 3. The number of nitrogens with zero attached hydrogens (tertiary/aromatic N) is 2. The summed E-state index contributed by atoms with van der Waals surface area (Å²) in [5, 5.41) is 0. The molecule has 0 aliphatic rings. The maximum Gasteiger partial charge on any atom is 0.213 e. The molecule has 0 unspecified atom stereocenters. The smallest absolute Gasteiger partial charge is 0.213 e. The molecule has 0 aliphatic heterocycles. The van der Waals surface area contributed by atoms with E-state index in [4.69, 9.17) is 46.7 Å². The molecule has 8 rings (SSSR count). The molecule has 2 aromatic heterocycles. The Bertz CT molecular complexity index is 2450. The SMILES string of the molecule is COc1ccc(-c2cc(-c3ccccc3)[n+](CCCCCC[n+]3c(-c4ccccc4)cc(-c4ccc(OC)cc4)cc3-c3ccccc3)c(-c3ccccc3)c2)cc1.[O-][Cl+3]([O-])([O-])O.[O-][Cl+3]([O-])([O-])[O-]. The van der Waals surface area contributed by atoms with E-state index >= 15 is 0 Å². The van der Waals surface area contributed by atoms with Gasteiger partial charge in [-0.2, -0.15) is 23.1 Å². The second-order valence-electron chi connectivity index (χ2n) is 15.4. The highest BCUT2D eigenvalue weighted by atomic mass is 35.7. The molecule has 0 spiro atoms. The van der Waals surface area contributed by atoms with E-state index in [9.17, 15) is 0 Å². The molecule has 1 N–H and O–H groups in total. The second-order valence-corrected chi connectivity index (χ2v) is 17.0. The predicted molar refractivity (Wildman–Crippen MR) is 240 cm³/mol. The van der Waals surface area contributed by atoms with Gasteiger partial charge < -0.3 is 9.47 Å². The molecule has 0 radical (unpaired) electrons. The minimum atomic E-state index is -4.94. The minimum absolute atomic E-state index is 0.859. The molecule has 2 heterocycles. The Kier molecular flexibility index (Phi) is 18.3. The Morgan fingerprint density at radius 3 is 0.809 bits per heavy atom. The van der Waals surface area contributed by atoms with E-state index in [1.165, 1.54) is 67.3 Å². The normalized spacial score (nSPS) is 11.1. The summed E-state index contributed by atoms with van der Waals surface area (Å²) in [6.07, 6.45) is 4.40. The zero-order valence-corrected chi connectivity index (χ0v) is 39.0. The molecule has 0 atom stereocenters. The van der Waals surface area contributed by atoms with Gasteiger partial charge in [-0.05, 0) is 108 Å². The third-order valence-corrected chi connectivity index (χ3v) is 11.0. The fraction of sp³-hybridized carbons (Fsp3) is 0.148. The summed E-state index contributed by atoms with van der Waals surface area (Å²) in [6, 6.07) is 69.5. The largest absolute Gasteiger partial charge is 0.497 e. The van der Waals surface area contributed by atoms with Crippen molar-refractivity contribution < 1.29 is 76.4 Å². The lowest BCUT2D eigenvalue weighted by Gasteiger charge is -2.17. The highest BCUT2D eigenvalue weighted by Gasteiger charge is 2.25. The second kappa shape index (κ2) is 24.5. The van der Waals surface area contributed by atoms with Crippen LogP contribution in [0.5, 0.6) is 11.5 Å². The van der Waals surface area contributed by atoms with Crippen LogP contribution in [0.1, 0.15) is 25.7 Å². The summed E-state index contributed by atoms with van der Waals surface area (Å²) < 4.78 is 82.7. The van der Waals surface area contributed by atoms with Gasteiger partial charge in [-0.25, -0.2) is 18.6 Å².